The smallest absolute Gasteiger partial charge is 0.271 e. The molecule has 1 aliphatic rings. The van der Waals surface area contributed by atoms with E-state index in [0.29, 0.717) is 25.9 Å². The van der Waals surface area contributed by atoms with Gasteiger partial charge in [0, 0.05) is 11.9 Å². The lowest BCUT2D eigenvalue weighted by atomic mass is 10.1. The van der Waals surface area contributed by atoms with Crippen molar-refractivity contribution < 1.29 is 4.79 Å². The Labute approximate surface area is 174 Å². The number of nitriles is 1. The highest BCUT2D eigenvalue weighted by atomic mass is 32.2. The van der Waals surface area contributed by atoms with Gasteiger partial charge in [-0.1, -0.05) is 18.2 Å². The molecule has 0 spiro atoms. The van der Waals surface area contributed by atoms with Crippen molar-refractivity contribution in [3.8, 4) is 6.07 Å². The number of hydrogen-bond donors (Lipinski definition) is 1. The number of aryl methyl sites for hydroxylation is 1. The third kappa shape index (κ3) is 3.60. The standard InChI is InChI=1S/C19H18N4O2S3/c1-23-18(25)16-13(7-8-26-16)21-19(23)27-10-15(24)22-17-12(9-20)11-5-3-2-4-6-14(11)28-17/h7-8H,2-6,10H2,1H3,(H,22,24). The maximum atomic E-state index is 12.5. The minimum atomic E-state index is -0.197. The number of anilines is 1. The number of nitrogens with one attached hydrogen (secondary N) is 1. The van der Waals surface area contributed by atoms with Crippen LogP contribution in [0.4, 0.5) is 5.00 Å². The Hall–Kier alpha value is -2.15. The highest BCUT2D eigenvalue weighted by molar-refractivity contribution is 7.99. The maximum absolute atomic E-state index is 12.5. The van der Waals surface area contributed by atoms with Gasteiger partial charge >= 0.3 is 0 Å². The van der Waals surface area contributed by atoms with Crippen LogP contribution in [0.25, 0.3) is 10.2 Å². The van der Waals surface area contributed by atoms with Gasteiger partial charge in [0.2, 0.25) is 5.91 Å². The Kier molecular flexibility index (Phi) is 5.53. The quantitative estimate of drug-likeness (QED) is 0.385. The van der Waals surface area contributed by atoms with Crippen LogP contribution in [0, 0.1) is 11.3 Å². The van der Waals surface area contributed by atoms with Crippen LogP contribution in [0.2, 0.25) is 0 Å². The first kappa shape index (κ1) is 19.2. The first-order chi connectivity index (χ1) is 13.6. The minimum absolute atomic E-state index is 0.100. The molecule has 28 heavy (non-hydrogen) atoms. The molecule has 0 radical (unpaired) electrons. The molecule has 4 rings (SSSR count). The molecule has 0 saturated heterocycles. The average Bonchev–Trinajstić information content (AvgIpc) is 3.21. The molecule has 3 aromatic heterocycles. The van der Waals surface area contributed by atoms with Crippen LogP contribution < -0.4 is 10.9 Å². The molecule has 3 heterocycles. The van der Waals surface area contributed by atoms with Crippen molar-refractivity contribution in [3.05, 3.63) is 37.8 Å². The summed E-state index contributed by atoms with van der Waals surface area (Å²) in [4.78, 5) is 30.6. The summed E-state index contributed by atoms with van der Waals surface area (Å²) in [6.45, 7) is 0. The predicted molar refractivity (Wildman–Crippen MR) is 115 cm³/mol. The molecule has 3 aromatic rings. The summed E-state index contributed by atoms with van der Waals surface area (Å²) in [5.74, 6) is -0.0684. The molecule has 9 heteroatoms. The van der Waals surface area contributed by atoms with E-state index >= 15 is 0 Å². The van der Waals surface area contributed by atoms with E-state index in [1.807, 2.05) is 11.4 Å². The van der Waals surface area contributed by atoms with Gasteiger partial charge in [-0.3, -0.25) is 14.2 Å². The summed E-state index contributed by atoms with van der Waals surface area (Å²) in [5, 5.41) is 15.5. The number of thiophene rings is 2. The lowest BCUT2D eigenvalue weighted by Crippen LogP contribution is -2.20. The molecule has 0 atom stereocenters. The van der Waals surface area contributed by atoms with Crippen molar-refractivity contribution in [2.45, 2.75) is 37.3 Å². The van der Waals surface area contributed by atoms with Crippen molar-refractivity contribution in [2.24, 2.45) is 7.05 Å². The van der Waals surface area contributed by atoms with Gasteiger partial charge < -0.3 is 5.32 Å². The van der Waals surface area contributed by atoms with Gasteiger partial charge in [-0.15, -0.1) is 22.7 Å². The zero-order valence-electron chi connectivity index (χ0n) is 15.3. The molecule has 1 N–H and O–H groups in total. The fourth-order valence-corrected chi connectivity index (χ4v) is 6.17. The Morgan fingerprint density at radius 2 is 2.21 bits per heavy atom. The second kappa shape index (κ2) is 8.07. The number of carbonyl (C=O) groups is 1. The van der Waals surface area contributed by atoms with E-state index in [1.165, 1.54) is 50.3 Å². The highest BCUT2D eigenvalue weighted by Crippen LogP contribution is 2.37. The second-order valence-electron chi connectivity index (χ2n) is 6.61. The molecular weight excluding hydrogens is 412 g/mol. The first-order valence-electron chi connectivity index (χ1n) is 9.00. The fraction of sp³-hybridized carbons (Fsp3) is 0.368. The molecule has 6 nitrogen and oxygen atoms in total. The average molecular weight is 431 g/mol. The Morgan fingerprint density at radius 1 is 1.39 bits per heavy atom. The van der Waals surface area contributed by atoms with Gasteiger partial charge in [0.15, 0.2) is 5.16 Å². The lowest BCUT2D eigenvalue weighted by molar-refractivity contribution is -0.113. The highest BCUT2D eigenvalue weighted by Gasteiger charge is 2.21. The SMILES string of the molecule is Cn1c(SCC(=O)Nc2sc3c(c2C#N)CCCCC3)nc2ccsc2c1=O. The summed E-state index contributed by atoms with van der Waals surface area (Å²) < 4.78 is 2.10. The zero-order chi connectivity index (χ0) is 19.7. The lowest BCUT2D eigenvalue weighted by Gasteiger charge is -2.07. The third-order valence-corrected chi connectivity index (χ3v) is 7.89. The Morgan fingerprint density at radius 3 is 3.04 bits per heavy atom. The summed E-state index contributed by atoms with van der Waals surface area (Å²) in [7, 11) is 1.67. The molecule has 0 unspecified atom stereocenters. The van der Waals surface area contributed by atoms with Crippen molar-refractivity contribution >= 4 is 55.6 Å². The van der Waals surface area contributed by atoms with E-state index in [1.54, 1.807) is 7.05 Å². The van der Waals surface area contributed by atoms with E-state index < -0.39 is 0 Å². The van der Waals surface area contributed by atoms with Gasteiger partial charge in [0.1, 0.15) is 15.8 Å². The zero-order valence-corrected chi connectivity index (χ0v) is 17.7. The van der Waals surface area contributed by atoms with Gasteiger partial charge in [-0.25, -0.2) is 4.98 Å². The molecular formula is C19H18N4O2S3. The number of thioether (sulfide) groups is 1. The van der Waals surface area contributed by atoms with E-state index in [4.69, 9.17) is 0 Å². The van der Waals surface area contributed by atoms with Gasteiger partial charge in [-0.05, 0) is 42.7 Å². The van der Waals surface area contributed by atoms with Crippen molar-refractivity contribution in [1.82, 2.24) is 9.55 Å². The summed E-state index contributed by atoms with van der Waals surface area (Å²) in [5.41, 5.74) is 2.28. The van der Waals surface area contributed by atoms with Crippen LogP contribution >= 0.6 is 34.4 Å². The van der Waals surface area contributed by atoms with E-state index in [-0.39, 0.29) is 17.2 Å². The Bertz CT molecular complexity index is 1150. The minimum Gasteiger partial charge on any atom is -0.316 e. The molecule has 0 bridgehead atoms. The molecule has 0 aliphatic heterocycles. The third-order valence-electron chi connectivity index (χ3n) is 4.76. The van der Waals surface area contributed by atoms with Gasteiger partial charge in [0.05, 0.1) is 16.8 Å². The summed E-state index contributed by atoms with van der Waals surface area (Å²) in [6, 6.07) is 4.09. The van der Waals surface area contributed by atoms with Gasteiger partial charge in [0.25, 0.3) is 5.56 Å². The number of amides is 1. The van der Waals surface area contributed by atoms with Crippen LogP contribution in [-0.2, 0) is 24.7 Å². The van der Waals surface area contributed by atoms with Crippen molar-refractivity contribution in [3.63, 3.8) is 0 Å². The van der Waals surface area contributed by atoms with Crippen molar-refractivity contribution in [1.29, 1.82) is 5.26 Å². The van der Waals surface area contributed by atoms with Crippen LogP contribution in [0.3, 0.4) is 0 Å². The Balaban J connectivity index is 1.49. The van der Waals surface area contributed by atoms with E-state index in [0.717, 1.165) is 31.2 Å². The van der Waals surface area contributed by atoms with Crippen LogP contribution in [0.15, 0.2) is 21.4 Å². The fourth-order valence-electron chi connectivity index (χ4n) is 3.34. The van der Waals surface area contributed by atoms with Crippen LogP contribution in [0.5, 0.6) is 0 Å². The van der Waals surface area contributed by atoms with Crippen LogP contribution in [0.1, 0.15) is 35.3 Å². The molecule has 1 aliphatic carbocycles. The monoisotopic (exact) mass is 430 g/mol. The number of rotatable bonds is 4. The number of hydrogen-bond acceptors (Lipinski definition) is 7. The number of fused-ring (bicyclic) bond motifs is 2. The molecule has 1 amide bonds. The van der Waals surface area contributed by atoms with Crippen molar-refractivity contribution in [2.75, 3.05) is 11.1 Å². The molecule has 0 aromatic carbocycles. The molecule has 0 saturated carbocycles. The molecule has 0 fully saturated rings. The second-order valence-corrected chi connectivity index (χ2v) is 9.57. The maximum Gasteiger partial charge on any atom is 0.271 e. The number of aromatic nitrogens is 2. The predicted octanol–water partition coefficient (Wildman–Crippen LogP) is 3.93. The number of carbonyl (C=O) groups excluding carboxylic acids is 1. The largest absolute Gasteiger partial charge is 0.316 e. The summed E-state index contributed by atoms with van der Waals surface area (Å²) in [6.07, 6.45) is 5.29. The first-order valence-corrected chi connectivity index (χ1v) is 11.7. The van der Waals surface area contributed by atoms with Gasteiger partial charge in [-0.2, -0.15) is 5.26 Å². The van der Waals surface area contributed by atoms with E-state index in [9.17, 15) is 14.9 Å². The summed E-state index contributed by atoms with van der Waals surface area (Å²) >= 11 is 4.12. The topological polar surface area (TPSA) is 87.8 Å². The van der Waals surface area contributed by atoms with E-state index in [2.05, 4.69) is 16.4 Å². The normalized spacial score (nSPS) is 13.7. The number of nitrogens with zero attached hydrogens (tertiary/aromatic N) is 3. The molecule has 144 valence electrons. The van der Waals surface area contributed by atoms with Crippen LogP contribution in [-0.4, -0.2) is 21.2 Å².